The number of sulfonamides is 1. The Labute approximate surface area is 166 Å². The molecule has 4 rings (SSSR count). The molecule has 3 aromatic carbocycles. The number of anilines is 2. The van der Waals surface area contributed by atoms with E-state index in [0.717, 1.165) is 0 Å². The van der Waals surface area contributed by atoms with Crippen LogP contribution in [-0.4, -0.2) is 34.4 Å². The first-order valence-corrected chi connectivity index (χ1v) is 10.1. The summed E-state index contributed by atoms with van der Waals surface area (Å²) in [4.78, 5) is 24.3. The molecule has 1 aliphatic heterocycles. The molecule has 29 heavy (non-hydrogen) atoms. The topological polar surface area (TPSA) is 114 Å². The molecule has 0 saturated carbocycles. The van der Waals surface area contributed by atoms with Gasteiger partial charge in [0.05, 0.1) is 23.3 Å². The fourth-order valence-corrected chi connectivity index (χ4v) is 4.64. The van der Waals surface area contributed by atoms with Gasteiger partial charge in [0.25, 0.3) is 21.8 Å². The number of benzene rings is 3. The molecule has 0 fully saturated rings. The number of hydrogen-bond donors (Lipinski definition) is 3. The Hall–Kier alpha value is -3.59. The molecule has 0 bridgehead atoms. The van der Waals surface area contributed by atoms with Crippen LogP contribution in [0, 0.1) is 0 Å². The lowest BCUT2D eigenvalue weighted by molar-refractivity contribution is 0.0962. The molecule has 3 N–H and O–H groups in total. The molecule has 3 aromatic rings. The smallest absolute Gasteiger partial charge is 0.262 e. The minimum absolute atomic E-state index is 0.00766. The number of ether oxygens (including phenoxy) is 1. The van der Waals surface area contributed by atoms with Crippen LogP contribution in [-0.2, 0) is 10.0 Å². The van der Waals surface area contributed by atoms with E-state index >= 15 is 0 Å². The number of carbonyl (C=O) groups excluding carboxylic acids is 2. The van der Waals surface area contributed by atoms with Crippen molar-refractivity contribution < 1.29 is 22.7 Å². The summed E-state index contributed by atoms with van der Waals surface area (Å²) < 4.78 is 34.0. The molecular weight excluding hydrogens is 394 g/mol. The van der Waals surface area contributed by atoms with Gasteiger partial charge in [-0.25, -0.2) is 8.42 Å². The fraction of sp³-hybridized carbons (Fsp3) is 0.100. The van der Waals surface area contributed by atoms with Crippen molar-refractivity contribution >= 4 is 44.0 Å². The van der Waals surface area contributed by atoms with Crippen molar-refractivity contribution in [3.8, 4) is 5.75 Å². The van der Waals surface area contributed by atoms with Gasteiger partial charge in [-0.05, 0) is 36.4 Å². The highest BCUT2D eigenvalue weighted by molar-refractivity contribution is 7.93. The highest BCUT2D eigenvalue weighted by Gasteiger charge is 2.27. The maximum atomic E-state index is 13.2. The third-order valence-electron chi connectivity index (χ3n) is 4.73. The van der Waals surface area contributed by atoms with Crippen molar-refractivity contribution in [2.75, 3.05) is 24.2 Å². The first kappa shape index (κ1) is 18.8. The molecule has 2 amide bonds. The highest BCUT2D eigenvalue weighted by Crippen LogP contribution is 2.37. The number of carbonyl (C=O) groups is 2. The molecule has 9 heteroatoms. The molecule has 0 atom stereocenters. The number of methoxy groups -OCH3 is 1. The van der Waals surface area contributed by atoms with Crippen molar-refractivity contribution in [1.29, 1.82) is 0 Å². The summed E-state index contributed by atoms with van der Waals surface area (Å²) in [5, 5.41) is 6.18. The summed E-state index contributed by atoms with van der Waals surface area (Å²) in [6, 6.07) is 12.4. The van der Waals surface area contributed by atoms with Crippen molar-refractivity contribution in [3.63, 3.8) is 0 Å². The van der Waals surface area contributed by atoms with Gasteiger partial charge in [0, 0.05) is 29.1 Å². The first-order chi connectivity index (χ1) is 13.9. The van der Waals surface area contributed by atoms with E-state index in [0.29, 0.717) is 27.8 Å². The maximum absolute atomic E-state index is 13.2. The predicted octanol–water partition coefficient (Wildman–Crippen LogP) is 2.57. The molecule has 0 radical (unpaired) electrons. The third-order valence-corrected chi connectivity index (χ3v) is 6.15. The van der Waals surface area contributed by atoms with Crippen molar-refractivity contribution in [1.82, 2.24) is 5.32 Å². The Bertz CT molecular complexity index is 1280. The van der Waals surface area contributed by atoms with Gasteiger partial charge < -0.3 is 15.4 Å². The zero-order valence-electron chi connectivity index (χ0n) is 15.6. The third kappa shape index (κ3) is 3.05. The highest BCUT2D eigenvalue weighted by atomic mass is 32.2. The summed E-state index contributed by atoms with van der Waals surface area (Å²) in [6.45, 7) is 0. The van der Waals surface area contributed by atoms with Crippen LogP contribution in [0.25, 0.3) is 10.8 Å². The second-order valence-corrected chi connectivity index (χ2v) is 8.04. The fourth-order valence-electron chi connectivity index (χ4n) is 3.36. The molecule has 1 aliphatic rings. The van der Waals surface area contributed by atoms with Crippen LogP contribution in [0.3, 0.4) is 0 Å². The van der Waals surface area contributed by atoms with E-state index < -0.39 is 15.9 Å². The Morgan fingerprint density at radius 1 is 1.10 bits per heavy atom. The maximum Gasteiger partial charge on any atom is 0.262 e. The number of amides is 2. The molecule has 0 unspecified atom stereocenters. The summed E-state index contributed by atoms with van der Waals surface area (Å²) in [5.41, 5.74) is 1.22. The first-order valence-electron chi connectivity index (χ1n) is 8.65. The molecular formula is C20H17N3O5S. The van der Waals surface area contributed by atoms with E-state index in [2.05, 4.69) is 15.4 Å². The second kappa shape index (κ2) is 6.78. The molecule has 0 saturated heterocycles. The Balaban J connectivity index is 1.84. The number of hydrogen-bond acceptors (Lipinski definition) is 5. The van der Waals surface area contributed by atoms with Crippen LogP contribution in [0.2, 0.25) is 0 Å². The van der Waals surface area contributed by atoms with Gasteiger partial charge >= 0.3 is 0 Å². The minimum atomic E-state index is -4.06. The molecule has 148 valence electrons. The van der Waals surface area contributed by atoms with Gasteiger partial charge in [0.2, 0.25) is 0 Å². The number of rotatable bonds is 5. The van der Waals surface area contributed by atoms with Gasteiger partial charge in [0.15, 0.2) is 0 Å². The summed E-state index contributed by atoms with van der Waals surface area (Å²) in [5.74, 6) is -0.316. The lowest BCUT2D eigenvalue weighted by atomic mass is 10.1. The average molecular weight is 411 g/mol. The molecule has 1 heterocycles. The van der Waals surface area contributed by atoms with E-state index in [-0.39, 0.29) is 22.1 Å². The molecule has 0 aromatic heterocycles. The quantitative estimate of drug-likeness (QED) is 0.597. The van der Waals surface area contributed by atoms with Crippen LogP contribution < -0.4 is 20.1 Å². The number of nitrogens with one attached hydrogen (secondary N) is 3. The van der Waals surface area contributed by atoms with Gasteiger partial charge in [-0.2, -0.15) is 0 Å². The monoisotopic (exact) mass is 411 g/mol. The second-order valence-electron chi connectivity index (χ2n) is 6.39. The molecule has 0 aliphatic carbocycles. The van der Waals surface area contributed by atoms with Crippen LogP contribution >= 0.6 is 0 Å². The van der Waals surface area contributed by atoms with E-state index in [1.54, 1.807) is 30.3 Å². The average Bonchev–Trinajstić information content (AvgIpc) is 3.05. The van der Waals surface area contributed by atoms with Crippen LogP contribution in [0.1, 0.15) is 20.7 Å². The van der Waals surface area contributed by atoms with E-state index in [1.165, 1.54) is 32.4 Å². The lowest BCUT2D eigenvalue weighted by Crippen LogP contribution is -2.22. The van der Waals surface area contributed by atoms with E-state index in [9.17, 15) is 18.0 Å². The van der Waals surface area contributed by atoms with Crippen molar-refractivity contribution in [3.05, 3.63) is 59.7 Å². The minimum Gasteiger partial charge on any atom is -0.497 e. The SMILES string of the molecule is CNC(=O)c1cc(OC)ccc1NS(=O)(=O)c1ccc2c3c(cccc13)C(=O)N2. The van der Waals surface area contributed by atoms with Gasteiger partial charge in [-0.3, -0.25) is 14.3 Å². The zero-order valence-corrected chi connectivity index (χ0v) is 16.4. The normalized spacial score (nSPS) is 12.6. The summed E-state index contributed by atoms with van der Waals surface area (Å²) in [7, 11) is -1.15. The van der Waals surface area contributed by atoms with Crippen molar-refractivity contribution in [2.45, 2.75) is 4.90 Å². The van der Waals surface area contributed by atoms with Gasteiger partial charge in [-0.15, -0.1) is 0 Å². The Morgan fingerprint density at radius 2 is 1.90 bits per heavy atom. The van der Waals surface area contributed by atoms with Crippen LogP contribution in [0.15, 0.2) is 53.4 Å². The van der Waals surface area contributed by atoms with Crippen molar-refractivity contribution in [2.24, 2.45) is 0 Å². The summed E-state index contributed by atoms with van der Waals surface area (Å²) in [6.07, 6.45) is 0. The van der Waals surface area contributed by atoms with E-state index in [1.807, 2.05) is 0 Å². The molecule has 0 spiro atoms. The Morgan fingerprint density at radius 3 is 2.62 bits per heavy atom. The standard InChI is InChI=1S/C20H17N3O5S/c1-21-19(24)14-10-11(28-2)6-7-15(14)23-29(26,27)17-9-8-16-18-12(17)4-3-5-13(18)20(25)22-16/h3-10,23H,1-2H3,(H,21,24)(H,22,25). The Kier molecular flexibility index (Phi) is 4.39. The predicted molar refractivity (Wildman–Crippen MR) is 109 cm³/mol. The van der Waals surface area contributed by atoms with Crippen LogP contribution in [0.4, 0.5) is 11.4 Å². The van der Waals surface area contributed by atoms with Crippen LogP contribution in [0.5, 0.6) is 5.75 Å². The van der Waals surface area contributed by atoms with Gasteiger partial charge in [-0.1, -0.05) is 12.1 Å². The van der Waals surface area contributed by atoms with E-state index in [4.69, 9.17) is 4.74 Å². The molecule has 8 nitrogen and oxygen atoms in total. The zero-order chi connectivity index (χ0) is 20.8. The summed E-state index contributed by atoms with van der Waals surface area (Å²) >= 11 is 0. The lowest BCUT2D eigenvalue weighted by Gasteiger charge is -2.14. The van der Waals surface area contributed by atoms with Gasteiger partial charge in [0.1, 0.15) is 5.75 Å². The largest absolute Gasteiger partial charge is 0.497 e.